The molecule has 0 radical (unpaired) electrons. The van der Waals surface area contributed by atoms with E-state index in [4.69, 9.17) is 0 Å². The highest BCUT2D eigenvalue weighted by molar-refractivity contribution is 5.78. The van der Waals surface area contributed by atoms with Crippen LogP contribution in [0.15, 0.2) is 24.3 Å². The second-order valence-corrected chi connectivity index (χ2v) is 10.1. The van der Waals surface area contributed by atoms with Gasteiger partial charge >= 0.3 is 0 Å². The molecule has 0 saturated carbocycles. The Bertz CT molecular complexity index is 812. The van der Waals surface area contributed by atoms with Gasteiger partial charge in [-0.25, -0.2) is 0 Å². The summed E-state index contributed by atoms with van der Waals surface area (Å²) in [4.78, 5) is 31.8. The number of nitrogens with one attached hydrogen (secondary N) is 1. The topological polar surface area (TPSA) is 55.9 Å². The Kier molecular flexibility index (Phi) is 6.28. The first-order valence-corrected chi connectivity index (χ1v) is 12.2. The van der Waals surface area contributed by atoms with Gasteiger partial charge in [0.25, 0.3) is 0 Å². The first-order valence-electron chi connectivity index (χ1n) is 12.2. The Morgan fingerprint density at radius 2 is 1.94 bits per heavy atom. The Labute approximate surface area is 185 Å². The highest BCUT2D eigenvalue weighted by Gasteiger charge is 2.44. The molecule has 0 spiro atoms. The molecule has 3 saturated heterocycles. The van der Waals surface area contributed by atoms with E-state index in [1.165, 1.54) is 17.5 Å². The van der Waals surface area contributed by atoms with Crippen molar-refractivity contribution in [3.8, 4) is 0 Å². The van der Waals surface area contributed by atoms with E-state index in [9.17, 15) is 9.59 Å². The minimum atomic E-state index is 0.153. The molecule has 2 amide bonds. The molecule has 3 fully saturated rings. The molecule has 0 aliphatic carbocycles. The predicted molar refractivity (Wildman–Crippen MR) is 120 cm³/mol. The second kappa shape index (κ2) is 9.29. The predicted octanol–water partition coefficient (Wildman–Crippen LogP) is 1.88. The number of benzene rings is 1. The molecule has 5 rings (SSSR count). The zero-order valence-electron chi connectivity index (χ0n) is 18.6. The molecule has 3 atom stereocenters. The van der Waals surface area contributed by atoms with E-state index in [1.807, 2.05) is 0 Å². The monoisotopic (exact) mass is 424 g/mol. The number of carbonyl (C=O) groups excluding carboxylic acids is 2. The molecule has 0 aromatic heterocycles. The average molecular weight is 425 g/mol. The summed E-state index contributed by atoms with van der Waals surface area (Å²) >= 11 is 0. The van der Waals surface area contributed by atoms with Gasteiger partial charge in [0.05, 0.1) is 6.54 Å². The molecule has 6 heteroatoms. The quantitative estimate of drug-likeness (QED) is 0.709. The van der Waals surface area contributed by atoms with Gasteiger partial charge in [-0.15, -0.1) is 0 Å². The number of carbonyl (C=O) groups is 2. The summed E-state index contributed by atoms with van der Waals surface area (Å²) in [5, 5.41) is 3.15. The van der Waals surface area contributed by atoms with Crippen molar-refractivity contribution in [2.45, 2.75) is 51.1 Å². The molecule has 4 aliphatic rings. The molecule has 168 valence electrons. The Hall–Kier alpha value is -1.92. The molecule has 6 nitrogen and oxygen atoms in total. The maximum atomic E-state index is 12.5. The fourth-order valence-corrected chi connectivity index (χ4v) is 6.38. The summed E-state index contributed by atoms with van der Waals surface area (Å²) in [5.41, 5.74) is 2.94. The van der Waals surface area contributed by atoms with Crippen LogP contribution in [0.25, 0.3) is 0 Å². The zero-order valence-corrected chi connectivity index (χ0v) is 18.6. The van der Waals surface area contributed by atoms with Crippen molar-refractivity contribution in [1.82, 2.24) is 20.0 Å². The van der Waals surface area contributed by atoms with E-state index < -0.39 is 0 Å². The van der Waals surface area contributed by atoms with Crippen molar-refractivity contribution in [1.29, 1.82) is 0 Å². The van der Waals surface area contributed by atoms with Gasteiger partial charge in [0.2, 0.25) is 11.8 Å². The number of piperidine rings is 3. The van der Waals surface area contributed by atoms with Gasteiger partial charge in [0.1, 0.15) is 0 Å². The van der Waals surface area contributed by atoms with Gasteiger partial charge in [0.15, 0.2) is 0 Å². The molecule has 0 unspecified atom stereocenters. The van der Waals surface area contributed by atoms with Crippen LogP contribution in [0, 0.1) is 11.8 Å². The Balaban J connectivity index is 1.03. The van der Waals surface area contributed by atoms with Gasteiger partial charge in [-0.3, -0.25) is 19.4 Å². The first kappa shape index (κ1) is 21.0. The number of rotatable bonds is 6. The lowest BCUT2D eigenvalue weighted by atomic mass is 9.76. The third kappa shape index (κ3) is 4.80. The number of nitrogens with zero attached hydrogens (tertiary/aromatic N) is 3. The van der Waals surface area contributed by atoms with Crippen LogP contribution >= 0.6 is 0 Å². The SMILES string of the molecule is O=C(CN1C[C@H]2C[C@H](C1)[C@H]1CCCC(=O)N1C2)NCCCN1CCc2ccccc2C1. The summed E-state index contributed by atoms with van der Waals surface area (Å²) in [6, 6.07) is 9.15. The zero-order chi connectivity index (χ0) is 21.2. The summed E-state index contributed by atoms with van der Waals surface area (Å²) in [6.07, 6.45) is 6.26. The molecule has 1 N–H and O–H groups in total. The normalized spacial score (nSPS) is 28.7. The minimum absolute atomic E-state index is 0.153. The molecule has 1 aromatic rings. The van der Waals surface area contributed by atoms with E-state index in [-0.39, 0.29) is 5.91 Å². The van der Waals surface area contributed by atoms with Crippen LogP contribution in [0.2, 0.25) is 0 Å². The van der Waals surface area contributed by atoms with Gasteiger partial charge in [-0.1, -0.05) is 24.3 Å². The van der Waals surface area contributed by atoms with Crippen LogP contribution in [0.3, 0.4) is 0 Å². The van der Waals surface area contributed by atoms with E-state index in [2.05, 4.69) is 44.3 Å². The second-order valence-electron chi connectivity index (χ2n) is 10.1. The fraction of sp³-hybridized carbons (Fsp3) is 0.680. The lowest BCUT2D eigenvalue weighted by Crippen LogP contribution is -2.61. The molecule has 2 bridgehead atoms. The average Bonchev–Trinajstić information content (AvgIpc) is 2.77. The van der Waals surface area contributed by atoms with Gasteiger partial charge in [-0.2, -0.15) is 0 Å². The fourth-order valence-electron chi connectivity index (χ4n) is 6.38. The largest absolute Gasteiger partial charge is 0.355 e. The van der Waals surface area contributed by atoms with Crippen LogP contribution in [0.1, 0.15) is 43.2 Å². The van der Waals surface area contributed by atoms with E-state index in [0.717, 1.165) is 77.9 Å². The summed E-state index contributed by atoms with van der Waals surface area (Å²) in [7, 11) is 0. The summed E-state index contributed by atoms with van der Waals surface area (Å²) in [6.45, 7) is 7.25. The van der Waals surface area contributed by atoms with Crippen molar-refractivity contribution >= 4 is 11.8 Å². The van der Waals surface area contributed by atoms with Gasteiger partial charge in [-0.05, 0) is 55.1 Å². The van der Waals surface area contributed by atoms with E-state index >= 15 is 0 Å². The van der Waals surface area contributed by atoms with Gasteiger partial charge < -0.3 is 10.2 Å². The molecule has 1 aromatic carbocycles. The summed E-state index contributed by atoms with van der Waals surface area (Å²) < 4.78 is 0. The van der Waals surface area contributed by atoms with Crippen molar-refractivity contribution in [2.24, 2.45) is 11.8 Å². The van der Waals surface area contributed by atoms with Crippen LogP contribution in [0.4, 0.5) is 0 Å². The number of fused-ring (bicyclic) bond motifs is 5. The Morgan fingerprint density at radius 1 is 1.06 bits per heavy atom. The van der Waals surface area contributed by atoms with Gasteiger partial charge in [0, 0.05) is 58.3 Å². The third-order valence-electron chi connectivity index (χ3n) is 7.81. The van der Waals surface area contributed by atoms with Crippen molar-refractivity contribution in [3.05, 3.63) is 35.4 Å². The summed E-state index contributed by atoms with van der Waals surface area (Å²) in [5.74, 6) is 1.59. The molecule has 31 heavy (non-hydrogen) atoms. The number of hydrogen-bond donors (Lipinski definition) is 1. The molecular formula is C25H36N4O2. The third-order valence-corrected chi connectivity index (χ3v) is 7.81. The molecule has 4 heterocycles. The van der Waals surface area contributed by atoms with Crippen LogP contribution < -0.4 is 5.32 Å². The number of likely N-dealkylation sites (tertiary alicyclic amines) is 1. The molecular weight excluding hydrogens is 388 g/mol. The van der Waals surface area contributed by atoms with Crippen LogP contribution in [0.5, 0.6) is 0 Å². The van der Waals surface area contributed by atoms with Crippen molar-refractivity contribution < 1.29 is 9.59 Å². The lowest BCUT2D eigenvalue weighted by Gasteiger charge is -2.52. The maximum absolute atomic E-state index is 12.5. The van der Waals surface area contributed by atoms with E-state index in [0.29, 0.717) is 30.3 Å². The standard InChI is InChI=1S/C25H36N4O2/c30-24(26-10-4-11-27-12-9-20-5-1-2-6-21(20)16-27)18-28-14-19-13-22(17-28)23-7-3-8-25(31)29(23)15-19/h1-2,5-6,19,22-23H,3-4,7-18H2,(H,26,30)/t19-,22-,23-/m1/s1. The minimum Gasteiger partial charge on any atom is -0.355 e. The highest BCUT2D eigenvalue weighted by Crippen LogP contribution is 2.37. The van der Waals surface area contributed by atoms with Crippen molar-refractivity contribution in [2.75, 3.05) is 45.8 Å². The molecule has 4 aliphatic heterocycles. The highest BCUT2D eigenvalue weighted by atomic mass is 16.2. The number of hydrogen-bond acceptors (Lipinski definition) is 4. The Morgan fingerprint density at radius 3 is 2.84 bits per heavy atom. The van der Waals surface area contributed by atoms with Crippen molar-refractivity contribution in [3.63, 3.8) is 0 Å². The smallest absolute Gasteiger partial charge is 0.234 e. The van der Waals surface area contributed by atoms with Crippen LogP contribution in [-0.4, -0.2) is 78.4 Å². The van der Waals surface area contributed by atoms with Crippen LogP contribution in [-0.2, 0) is 22.6 Å². The van der Waals surface area contributed by atoms with E-state index in [1.54, 1.807) is 0 Å². The maximum Gasteiger partial charge on any atom is 0.234 e. The first-order chi connectivity index (χ1) is 15.2. The number of amides is 2. The lowest BCUT2D eigenvalue weighted by molar-refractivity contribution is -0.145.